The molecule has 1 fully saturated rings. The Hall–Kier alpha value is -2.52. The number of hydrogen-bond acceptors (Lipinski definition) is 7. The number of nitrogens with one attached hydrogen (secondary N) is 2. The van der Waals surface area contributed by atoms with Crippen LogP contribution in [0.15, 0.2) is 55.0 Å². The van der Waals surface area contributed by atoms with Gasteiger partial charge < -0.3 is 14.6 Å². The predicted octanol–water partition coefficient (Wildman–Crippen LogP) is 5.24. The van der Waals surface area contributed by atoms with E-state index in [4.69, 9.17) is 15.3 Å². The monoisotopic (exact) mass is 456 g/mol. The number of benzene rings is 1. The van der Waals surface area contributed by atoms with Crippen molar-refractivity contribution in [2.75, 3.05) is 26.0 Å². The van der Waals surface area contributed by atoms with Crippen LogP contribution in [-0.2, 0) is 6.54 Å². The number of rotatable bonds is 8. The first-order valence-electron chi connectivity index (χ1n) is 10.7. The van der Waals surface area contributed by atoms with Gasteiger partial charge in [-0.15, -0.1) is 0 Å². The van der Waals surface area contributed by atoms with Gasteiger partial charge >= 0.3 is 0 Å². The third kappa shape index (κ3) is 5.83. The highest BCUT2D eigenvalue weighted by molar-refractivity contribution is 7.96. The number of nitrogens with zero attached hydrogens (tertiary/aromatic N) is 2. The number of aromatic nitrogens is 2. The Morgan fingerprint density at radius 3 is 2.81 bits per heavy atom. The minimum absolute atomic E-state index is 0.518. The summed E-state index contributed by atoms with van der Waals surface area (Å²) in [6, 6.07) is 10.7. The zero-order chi connectivity index (χ0) is 22.9. The molecule has 0 bridgehead atoms. The summed E-state index contributed by atoms with van der Waals surface area (Å²) in [6.07, 6.45) is 8.28. The fourth-order valence-electron chi connectivity index (χ4n) is 4.09. The lowest BCUT2D eigenvalue weighted by Crippen LogP contribution is -2.36. The molecule has 0 amide bonds. The number of likely N-dealkylation sites (tertiary alicyclic amines) is 1. The van der Waals surface area contributed by atoms with Crippen LogP contribution in [0, 0.1) is 5.92 Å². The largest absolute Gasteiger partial charge is 0.492 e. The van der Waals surface area contributed by atoms with Crippen LogP contribution in [0.4, 0.5) is 0 Å². The minimum Gasteiger partial charge on any atom is -0.492 e. The second-order valence-corrected chi connectivity index (χ2v) is 8.65. The highest BCUT2D eigenvalue weighted by Gasteiger charge is 2.21. The van der Waals surface area contributed by atoms with Crippen LogP contribution in [-0.4, -0.2) is 51.3 Å². The molecule has 3 heterocycles. The van der Waals surface area contributed by atoms with E-state index in [1.165, 1.54) is 18.4 Å². The van der Waals surface area contributed by atoms with E-state index in [-0.39, 0.29) is 0 Å². The van der Waals surface area contributed by atoms with Crippen molar-refractivity contribution < 1.29 is 15.3 Å². The zero-order valence-electron chi connectivity index (χ0n) is 18.7. The van der Waals surface area contributed by atoms with E-state index < -0.39 is 0 Å². The molecule has 1 atom stereocenters. The van der Waals surface area contributed by atoms with Crippen molar-refractivity contribution >= 4 is 23.0 Å². The number of H-pyrrole nitrogens is 1. The Kier molecular flexibility index (Phi) is 8.99. The molecule has 8 heteroatoms. The molecule has 1 aromatic carbocycles. The predicted molar refractivity (Wildman–Crippen MR) is 132 cm³/mol. The van der Waals surface area contributed by atoms with Crippen LogP contribution in [0.2, 0.25) is 0 Å². The molecule has 1 unspecified atom stereocenters. The lowest BCUT2D eigenvalue weighted by Gasteiger charge is -2.34. The normalized spacial score (nSPS) is 15.9. The summed E-state index contributed by atoms with van der Waals surface area (Å²) in [4.78, 5) is 10.2. The summed E-state index contributed by atoms with van der Waals surface area (Å²) in [5.74, 6) is 1.42. The average Bonchev–Trinajstić information content (AvgIpc) is 3.28. The van der Waals surface area contributed by atoms with Crippen LogP contribution < -0.4 is 9.46 Å². The van der Waals surface area contributed by atoms with Gasteiger partial charge in [-0.1, -0.05) is 42.8 Å². The molecule has 1 saturated heterocycles. The van der Waals surface area contributed by atoms with Gasteiger partial charge in [-0.3, -0.25) is 15.2 Å². The van der Waals surface area contributed by atoms with Gasteiger partial charge in [-0.2, -0.15) is 0 Å². The van der Waals surface area contributed by atoms with E-state index in [0.29, 0.717) is 12.5 Å². The van der Waals surface area contributed by atoms with E-state index >= 15 is 0 Å². The first kappa shape index (κ1) is 24.1. The van der Waals surface area contributed by atoms with Crippen molar-refractivity contribution in [1.82, 2.24) is 19.6 Å². The van der Waals surface area contributed by atoms with Gasteiger partial charge in [0.1, 0.15) is 11.4 Å². The van der Waals surface area contributed by atoms with E-state index in [2.05, 4.69) is 57.4 Å². The van der Waals surface area contributed by atoms with Crippen LogP contribution in [0.1, 0.15) is 25.3 Å². The van der Waals surface area contributed by atoms with Gasteiger partial charge in [0, 0.05) is 49.2 Å². The van der Waals surface area contributed by atoms with E-state index in [0.717, 1.165) is 53.2 Å². The summed E-state index contributed by atoms with van der Waals surface area (Å²) in [6.45, 7) is 9.89. The van der Waals surface area contributed by atoms with Crippen LogP contribution in [0.25, 0.3) is 22.2 Å². The maximum Gasteiger partial charge on any atom is 0.141 e. The third-order valence-corrected chi connectivity index (χ3v) is 6.19. The summed E-state index contributed by atoms with van der Waals surface area (Å²) < 4.78 is 9.64. The van der Waals surface area contributed by atoms with Crippen molar-refractivity contribution in [1.29, 1.82) is 0 Å². The Morgan fingerprint density at radius 1 is 1.31 bits per heavy atom. The van der Waals surface area contributed by atoms with E-state index in [9.17, 15) is 0 Å². The summed E-state index contributed by atoms with van der Waals surface area (Å²) in [5, 5.41) is 13.1. The summed E-state index contributed by atoms with van der Waals surface area (Å²) in [5.41, 5.74) is 5.57. The molecular formula is C24H32N4O3S. The first-order chi connectivity index (χ1) is 15.7. The maximum absolute atomic E-state index is 6.36. The molecule has 0 aliphatic carbocycles. The van der Waals surface area contributed by atoms with Crippen molar-refractivity contribution in [3.05, 3.63) is 60.6 Å². The smallest absolute Gasteiger partial charge is 0.141 e. The second kappa shape index (κ2) is 11.9. The number of allylic oxidation sites excluding steroid dienone is 1. The fraction of sp³-hybridized carbons (Fsp3) is 0.375. The quantitative estimate of drug-likeness (QED) is 0.209. The van der Waals surface area contributed by atoms with Crippen LogP contribution in [0.3, 0.4) is 0 Å². The number of ether oxygens (including phenoxy) is 1. The van der Waals surface area contributed by atoms with Crippen LogP contribution in [0.5, 0.6) is 5.75 Å². The number of piperidine rings is 1. The zero-order valence-corrected chi connectivity index (χ0v) is 19.5. The highest BCUT2D eigenvalue weighted by atomic mass is 32.2. The summed E-state index contributed by atoms with van der Waals surface area (Å²) in [7, 11) is 0. The molecule has 32 heavy (non-hydrogen) atoms. The van der Waals surface area contributed by atoms with Gasteiger partial charge in [0.2, 0.25) is 0 Å². The molecule has 1 aliphatic rings. The van der Waals surface area contributed by atoms with Crippen molar-refractivity contribution in [3.8, 4) is 16.9 Å². The van der Waals surface area contributed by atoms with E-state index in [1.54, 1.807) is 11.9 Å². The average molecular weight is 457 g/mol. The topological polar surface area (TPSA) is 93.6 Å². The minimum atomic E-state index is 0.518. The molecule has 7 nitrogen and oxygen atoms in total. The standard InChI is InChI=1S/C24H30N4OS.H2O2/c1-17(2)28-12-4-5-19(15-28)16-29-22-10-11-25-24-23(22)21(14-26-24)20-8-6-18(7-9-20)13-27-30-3;1-2/h6-11,14,19,27H,1,4-5,12-13,15-16H2,2-3H3,(H,25,26);1-2H. The van der Waals surface area contributed by atoms with Gasteiger partial charge in [0.15, 0.2) is 0 Å². The molecule has 0 spiro atoms. The molecule has 2 aromatic heterocycles. The summed E-state index contributed by atoms with van der Waals surface area (Å²) >= 11 is 1.63. The Bertz CT molecular complexity index is 1010. The van der Waals surface area contributed by atoms with Crippen LogP contribution >= 0.6 is 11.9 Å². The van der Waals surface area contributed by atoms with Gasteiger partial charge in [-0.25, -0.2) is 4.98 Å². The molecule has 0 saturated carbocycles. The SMILES string of the molecule is C=C(C)N1CCCC(COc2ccnc3[nH]cc(-c4ccc(CNSC)cc4)c23)C1.OO. The van der Waals surface area contributed by atoms with Gasteiger partial charge in [0.25, 0.3) is 0 Å². The first-order valence-corrected chi connectivity index (χ1v) is 11.9. The van der Waals surface area contributed by atoms with Crippen molar-refractivity contribution in [2.24, 2.45) is 5.92 Å². The molecule has 3 aromatic rings. The number of aromatic amines is 1. The molecule has 4 rings (SSSR count). The molecule has 172 valence electrons. The number of hydrogen-bond donors (Lipinski definition) is 4. The second-order valence-electron chi connectivity index (χ2n) is 7.96. The Labute approximate surface area is 193 Å². The molecular weight excluding hydrogens is 424 g/mol. The highest BCUT2D eigenvalue weighted by Crippen LogP contribution is 2.35. The number of fused-ring (bicyclic) bond motifs is 1. The van der Waals surface area contributed by atoms with Crippen molar-refractivity contribution in [2.45, 2.75) is 26.3 Å². The lowest BCUT2D eigenvalue weighted by molar-refractivity contribution is -0.176. The Balaban J connectivity index is 0.00000141. The fourth-order valence-corrected chi connectivity index (χ4v) is 4.40. The maximum atomic E-state index is 6.36. The van der Waals surface area contributed by atoms with Gasteiger partial charge in [-0.05, 0) is 43.2 Å². The van der Waals surface area contributed by atoms with Crippen molar-refractivity contribution in [3.63, 3.8) is 0 Å². The number of pyridine rings is 1. The molecule has 4 N–H and O–H groups in total. The lowest BCUT2D eigenvalue weighted by atomic mass is 9.98. The Morgan fingerprint density at radius 2 is 2.09 bits per heavy atom. The molecule has 0 radical (unpaired) electrons. The third-order valence-electron chi connectivity index (χ3n) is 5.75. The van der Waals surface area contributed by atoms with E-state index in [1.807, 2.05) is 24.7 Å². The molecule has 1 aliphatic heterocycles. The van der Waals surface area contributed by atoms with Gasteiger partial charge in [0.05, 0.1) is 12.0 Å².